The molecule has 1 aromatic rings. The SMILES string of the molecule is CCC1(N)CCOc2ccc(Br)cc21. The second-order valence-electron chi connectivity index (χ2n) is 3.75. The van der Waals surface area contributed by atoms with Crippen molar-refractivity contribution in [2.75, 3.05) is 6.61 Å². The molecule has 0 amide bonds. The van der Waals surface area contributed by atoms with Crippen LogP contribution in [0, 0.1) is 0 Å². The standard InChI is InChI=1S/C11H14BrNO/c1-2-11(13)5-6-14-10-4-3-8(12)7-9(10)11/h3-4,7H,2,5-6,13H2,1H3. The van der Waals surface area contributed by atoms with Crippen molar-refractivity contribution < 1.29 is 4.74 Å². The van der Waals surface area contributed by atoms with Crippen LogP contribution >= 0.6 is 15.9 Å². The summed E-state index contributed by atoms with van der Waals surface area (Å²) < 4.78 is 6.64. The lowest BCUT2D eigenvalue weighted by Gasteiger charge is -2.34. The monoisotopic (exact) mass is 255 g/mol. The van der Waals surface area contributed by atoms with E-state index < -0.39 is 0 Å². The van der Waals surface area contributed by atoms with Gasteiger partial charge in [-0.25, -0.2) is 0 Å². The Balaban J connectivity index is 2.52. The summed E-state index contributed by atoms with van der Waals surface area (Å²) in [6.45, 7) is 2.84. The zero-order valence-corrected chi connectivity index (χ0v) is 9.80. The van der Waals surface area contributed by atoms with E-state index in [1.807, 2.05) is 12.1 Å². The van der Waals surface area contributed by atoms with Gasteiger partial charge in [-0.05, 0) is 24.6 Å². The molecule has 3 heteroatoms. The highest BCUT2D eigenvalue weighted by molar-refractivity contribution is 9.10. The zero-order valence-electron chi connectivity index (χ0n) is 8.22. The number of hydrogen-bond donors (Lipinski definition) is 1. The summed E-state index contributed by atoms with van der Waals surface area (Å²) >= 11 is 3.46. The molecule has 1 aliphatic rings. The lowest BCUT2D eigenvalue weighted by Crippen LogP contribution is -2.40. The first kappa shape index (κ1) is 9.99. The Kier molecular flexibility index (Phi) is 2.54. The van der Waals surface area contributed by atoms with E-state index in [0.717, 1.165) is 35.2 Å². The van der Waals surface area contributed by atoms with Crippen molar-refractivity contribution in [3.8, 4) is 5.75 Å². The highest BCUT2D eigenvalue weighted by Gasteiger charge is 2.32. The van der Waals surface area contributed by atoms with Crippen molar-refractivity contribution >= 4 is 15.9 Å². The first-order valence-electron chi connectivity index (χ1n) is 4.87. The predicted octanol–water partition coefficient (Wildman–Crippen LogP) is 2.80. The van der Waals surface area contributed by atoms with Crippen molar-refractivity contribution in [3.05, 3.63) is 28.2 Å². The summed E-state index contributed by atoms with van der Waals surface area (Å²) in [5.74, 6) is 0.934. The van der Waals surface area contributed by atoms with Crippen LogP contribution in [-0.2, 0) is 5.54 Å². The maximum absolute atomic E-state index is 6.34. The second-order valence-corrected chi connectivity index (χ2v) is 4.66. The van der Waals surface area contributed by atoms with Crippen LogP contribution in [0.2, 0.25) is 0 Å². The van der Waals surface area contributed by atoms with Crippen LogP contribution in [0.4, 0.5) is 0 Å². The van der Waals surface area contributed by atoms with Gasteiger partial charge in [0.15, 0.2) is 0 Å². The lowest BCUT2D eigenvalue weighted by molar-refractivity contribution is 0.212. The minimum atomic E-state index is -0.211. The number of benzene rings is 1. The van der Waals surface area contributed by atoms with Crippen molar-refractivity contribution in [2.24, 2.45) is 5.73 Å². The van der Waals surface area contributed by atoms with Gasteiger partial charge in [-0.2, -0.15) is 0 Å². The van der Waals surface area contributed by atoms with Gasteiger partial charge in [0.05, 0.1) is 6.61 Å². The van der Waals surface area contributed by atoms with E-state index in [9.17, 15) is 0 Å². The number of fused-ring (bicyclic) bond motifs is 1. The van der Waals surface area contributed by atoms with Gasteiger partial charge < -0.3 is 10.5 Å². The van der Waals surface area contributed by atoms with E-state index in [2.05, 4.69) is 28.9 Å². The highest BCUT2D eigenvalue weighted by atomic mass is 79.9. The maximum Gasteiger partial charge on any atom is 0.124 e. The van der Waals surface area contributed by atoms with Crippen molar-refractivity contribution in [1.29, 1.82) is 0 Å². The van der Waals surface area contributed by atoms with Crippen molar-refractivity contribution in [2.45, 2.75) is 25.3 Å². The summed E-state index contributed by atoms with van der Waals surface area (Å²) in [6, 6.07) is 6.04. The summed E-state index contributed by atoms with van der Waals surface area (Å²) in [5, 5.41) is 0. The van der Waals surface area contributed by atoms with Crippen LogP contribution in [0.1, 0.15) is 25.3 Å². The largest absolute Gasteiger partial charge is 0.493 e. The Morgan fingerprint density at radius 3 is 3.07 bits per heavy atom. The summed E-state index contributed by atoms with van der Waals surface area (Å²) in [6.07, 6.45) is 1.84. The van der Waals surface area contributed by atoms with E-state index in [-0.39, 0.29) is 5.54 Å². The number of hydrogen-bond acceptors (Lipinski definition) is 2. The van der Waals surface area contributed by atoms with Crippen LogP contribution in [0.15, 0.2) is 22.7 Å². The van der Waals surface area contributed by atoms with E-state index in [1.165, 1.54) is 0 Å². The Morgan fingerprint density at radius 1 is 1.57 bits per heavy atom. The first-order valence-corrected chi connectivity index (χ1v) is 5.67. The smallest absolute Gasteiger partial charge is 0.124 e. The van der Waals surface area contributed by atoms with Gasteiger partial charge in [-0.3, -0.25) is 0 Å². The molecule has 1 unspecified atom stereocenters. The van der Waals surface area contributed by atoms with Crippen LogP contribution in [0.25, 0.3) is 0 Å². The first-order chi connectivity index (χ1) is 6.65. The van der Waals surface area contributed by atoms with Gasteiger partial charge in [0.25, 0.3) is 0 Å². The molecule has 1 aliphatic heterocycles. The average Bonchev–Trinajstić information content (AvgIpc) is 2.20. The molecule has 1 aromatic carbocycles. The third-order valence-electron chi connectivity index (χ3n) is 2.91. The predicted molar refractivity (Wildman–Crippen MR) is 60.4 cm³/mol. The Morgan fingerprint density at radius 2 is 2.36 bits per heavy atom. The fourth-order valence-corrected chi connectivity index (χ4v) is 2.22. The third-order valence-corrected chi connectivity index (χ3v) is 3.41. The van der Waals surface area contributed by atoms with Crippen LogP contribution in [0.5, 0.6) is 5.75 Å². The molecule has 0 aromatic heterocycles. The van der Waals surface area contributed by atoms with Gasteiger partial charge >= 0.3 is 0 Å². The molecule has 1 heterocycles. The molecule has 0 bridgehead atoms. The molecule has 14 heavy (non-hydrogen) atoms. The fraction of sp³-hybridized carbons (Fsp3) is 0.455. The Hall–Kier alpha value is -0.540. The molecular formula is C11H14BrNO. The molecule has 1 atom stereocenters. The number of nitrogens with two attached hydrogens (primary N) is 1. The third kappa shape index (κ3) is 1.55. The fourth-order valence-electron chi connectivity index (χ4n) is 1.86. The van der Waals surface area contributed by atoms with Gasteiger partial charge in [-0.15, -0.1) is 0 Å². The molecule has 0 radical (unpaired) electrons. The van der Waals surface area contributed by atoms with Crippen molar-refractivity contribution in [3.63, 3.8) is 0 Å². The number of halogens is 1. The quantitative estimate of drug-likeness (QED) is 0.838. The molecule has 2 rings (SSSR count). The van der Waals surface area contributed by atoms with Gasteiger partial charge in [0.1, 0.15) is 5.75 Å². The van der Waals surface area contributed by atoms with Gasteiger partial charge in [0.2, 0.25) is 0 Å². The van der Waals surface area contributed by atoms with E-state index >= 15 is 0 Å². The summed E-state index contributed by atoms with van der Waals surface area (Å²) in [7, 11) is 0. The summed E-state index contributed by atoms with van der Waals surface area (Å²) in [4.78, 5) is 0. The van der Waals surface area contributed by atoms with Crippen LogP contribution in [0.3, 0.4) is 0 Å². The molecule has 2 nitrogen and oxygen atoms in total. The minimum absolute atomic E-state index is 0.211. The molecule has 0 fully saturated rings. The molecule has 2 N–H and O–H groups in total. The van der Waals surface area contributed by atoms with Crippen LogP contribution in [-0.4, -0.2) is 6.61 Å². The molecule has 0 saturated heterocycles. The average molecular weight is 256 g/mol. The minimum Gasteiger partial charge on any atom is -0.493 e. The molecule has 76 valence electrons. The molecule has 0 aliphatic carbocycles. The summed E-state index contributed by atoms with van der Waals surface area (Å²) in [5.41, 5.74) is 7.25. The normalized spacial score (nSPS) is 25.4. The van der Waals surface area contributed by atoms with Crippen LogP contribution < -0.4 is 10.5 Å². The zero-order chi connectivity index (χ0) is 10.2. The topological polar surface area (TPSA) is 35.2 Å². The van der Waals surface area contributed by atoms with Gasteiger partial charge in [-0.1, -0.05) is 22.9 Å². The Bertz CT molecular complexity index is 353. The van der Waals surface area contributed by atoms with Crippen molar-refractivity contribution in [1.82, 2.24) is 0 Å². The number of ether oxygens (including phenoxy) is 1. The second kappa shape index (κ2) is 3.55. The maximum atomic E-state index is 6.34. The molecule has 0 saturated carbocycles. The lowest BCUT2D eigenvalue weighted by atomic mass is 9.83. The highest BCUT2D eigenvalue weighted by Crippen LogP contribution is 2.38. The van der Waals surface area contributed by atoms with Gasteiger partial charge in [0, 0.05) is 22.0 Å². The van der Waals surface area contributed by atoms with E-state index in [0.29, 0.717) is 0 Å². The number of rotatable bonds is 1. The molecule has 0 spiro atoms. The van der Waals surface area contributed by atoms with E-state index in [1.54, 1.807) is 0 Å². The Labute approximate surface area is 92.6 Å². The molecular weight excluding hydrogens is 242 g/mol. The van der Waals surface area contributed by atoms with E-state index in [4.69, 9.17) is 10.5 Å².